The van der Waals surface area contributed by atoms with Crippen LogP contribution in [0.1, 0.15) is 24.8 Å². The highest BCUT2D eigenvalue weighted by atomic mass is 16.5. The van der Waals surface area contributed by atoms with Gasteiger partial charge in [0, 0.05) is 31.8 Å². The lowest BCUT2D eigenvalue weighted by atomic mass is 10.1. The van der Waals surface area contributed by atoms with E-state index in [2.05, 4.69) is 22.1 Å². The molecule has 1 aliphatic rings. The number of amides is 1. The maximum Gasteiger partial charge on any atom is 0.232 e. The highest BCUT2D eigenvalue weighted by Gasteiger charge is 2.27. The number of hydrogen-bond donors (Lipinski definition) is 0. The van der Waals surface area contributed by atoms with Gasteiger partial charge in [-0.05, 0) is 18.4 Å². The largest absolute Gasteiger partial charge is 0.471 e. The van der Waals surface area contributed by atoms with Crippen molar-refractivity contribution in [2.24, 2.45) is 0 Å². The molecule has 1 saturated heterocycles. The third-order valence-electron chi connectivity index (χ3n) is 4.02. The number of aromatic nitrogens is 2. The van der Waals surface area contributed by atoms with Gasteiger partial charge in [-0.3, -0.25) is 9.78 Å². The molecule has 1 fully saturated rings. The van der Waals surface area contributed by atoms with Crippen LogP contribution in [-0.2, 0) is 11.2 Å². The van der Waals surface area contributed by atoms with Crippen molar-refractivity contribution in [3.63, 3.8) is 0 Å². The predicted octanol–water partition coefficient (Wildman–Crippen LogP) is 2.48. The van der Waals surface area contributed by atoms with E-state index in [1.807, 2.05) is 23.1 Å². The van der Waals surface area contributed by atoms with Gasteiger partial charge in [-0.1, -0.05) is 30.3 Å². The summed E-state index contributed by atoms with van der Waals surface area (Å²) in [7, 11) is 0. The van der Waals surface area contributed by atoms with Crippen molar-refractivity contribution >= 4 is 5.91 Å². The Hall–Kier alpha value is -2.43. The van der Waals surface area contributed by atoms with Gasteiger partial charge < -0.3 is 9.64 Å². The lowest BCUT2D eigenvalue weighted by molar-refractivity contribution is -0.130. The number of carbonyl (C=O) groups is 1. The van der Waals surface area contributed by atoms with E-state index in [4.69, 9.17) is 4.74 Å². The molecule has 1 atom stereocenters. The van der Waals surface area contributed by atoms with Gasteiger partial charge in [-0.15, -0.1) is 0 Å². The van der Waals surface area contributed by atoms with Crippen LogP contribution in [0, 0.1) is 0 Å². The van der Waals surface area contributed by atoms with Gasteiger partial charge in [-0.2, -0.15) is 0 Å². The Morgan fingerprint density at radius 2 is 2.13 bits per heavy atom. The molecule has 2 aromatic rings. The van der Waals surface area contributed by atoms with Crippen molar-refractivity contribution in [2.75, 3.05) is 13.1 Å². The molecule has 0 spiro atoms. The van der Waals surface area contributed by atoms with Gasteiger partial charge in [0.1, 0.15) is 6.10 Å². The number of likely N-dealkylation sites (tertiary alicyclic amines) is 1. The molecular formula is C18H21N3O2. The Morgan fingerprint density at radius 3 is 2.91 bits per heavy atom. The fourth-order valence-corrected chi connectivity index (χ4v) is 2.81. The van der Waals surface area contributed by atoms with Crippen LogP contribution in [0.5, 0.6) is 5.88 Å². The van der Waals surface area contributed by atoms with Crippen LogP contribution in [0.25, 0.3) is 0 Å². The zero-order valence-electron chi connectivity index (χ0n) is 13.1. The van der Waals surface area contributed by atoms with E-state index >= 15 is 0 Å². The second kappa shape index (κ2) is 7.72. The molecule has 1 aromatic heterocycles. The standard InChI is InChI=1S/C18H21N3O2/c22-18(8-4-7-15-5-2-1-3-6-15)21-12-9-16(14-21)23-17-13-19-10-11-20-17/h1-3,5-6,10-11,13,16H,4,7-9,12,14H2. The SMILES string of the molecule is O=C(CCCc1ccccc1)N1CCC(Oc2cnccn2)C1. The molecule has 0 radical (unpaired) electrons. The first-order valence-electron chi connectivity index (χ1n) is 8.05. The summed E-state index contributed by atoms with van der Waals surface area (Å²) < 4.78 is 5.76. The molecule has 2 heterocycles. The normalized spacial score (nSPS) is 17.2. The molecular weight excluding hydrogens is 290 g/mol. The molecule has 0 N–H and O–H groups in total. The van der Waals surface area contributed by atoms with Gasteiger partial charge >= 0.3 is 0 Å². The van der Waals surface area contributed by atoms with Crippen molar-refractivity contribution in [1.29, 1.82) is 0 Å². The summed E-state index contributed by atoms with van der Waals surface area (Å²) in [6.45, 7) is 1.40. The molecule has 1 aromatic carbocycles. The van der Waals surface area contributed by atoms with Crippen LogP contribution in [0.3, 0.4) is 0 Å². The van der Waals surface area contributed by atoms with E-state index in [1.165, 1.54) is 5.56 Å². The smallest absolute Gasteiger partial charge is 0.232 e. The fraction of sp³-hybridized carbons (Fsp3) is 0.389. The molecule has 1 unspecified atom stereocenters. The lowest BCUT2D eigenvalue weighted by Gasteiger charge is -2.16. The summed E-state index contributed by atoms with van der Waals surface area (Å²) in [5, 5.41) is 0. The second-order valence-corrected chi connectivity index (χ2v) is 5.75. The number of ether oxygens (including phenoxy) is 1. The molecule has 23 heavy (non-hydrogen) atoms. The number of carbonyl (C=O) groups excluding carboxylic acids is 1. The molecule has 5 heteroatoms. The van der Waals surface area contributed by atoms with Gasteiger partial charge in [0.05, 0.1) is 12.7 Å². The monoisotopic (exact) mass is 311 g/mol. The van der Waals surface area contributed by atoms with Crippen molar-refractivity contribution < 1.29 is 9.53 Å². The Labute approximate surface area is 136 Å². The first kappa shape index (κ1) is 15.5. The molecule has 120 valence electrons. The van der Waals surface area contributed by atoms with Crippen molar-refractivity contribution in [2.45, 2.75) is 31.8 Å². The molecule has 3 rings (SSSR count). The van der Waals surface area contributed by atoms with E-state index in [1.54, 1.807) is 18.6 Å². The first-order chi connectivity index (χ1) is 11.3. The maximum atomic E-state index is 12.3. The summed E-state index contributed by atoms with van der Waals surface area (Å²) in [6.07, 6.45) is 8.11. The van der Waals surface area contributed by atoms with E-state index in [9.17, 15) is 4.79 Å². The summed E-state index contributed by atoms with van der Waals surface area (Å²) in [4.78, 5) is 22.3. The molecule has 1 amide bonds. The third kappa shape index (κ3) is 4.52. The van der Waals surface area contributed by atoms with Gasteiger partial charge in [0.2, 0.25) is 11.8 Å². The molecule has 5 nitrogen and oxygen atoms in total. The minimum Gasteiger partial charge on any atom is -0.471 e. The topological polar surface area (TPSA) is 55.3 Å². The minimum absolute atomic E-state index is 0.0183. The second-order valence-electron chi connectivity index (χ2n) is 5.75. The molecule has 0 saturated carbocycles. The molecule has 1 aliphatic heterocycles. The van der Waals surface area contributed by atoms with E-state index in [0.29, 0.717) is 18.8 Å². The van der Waals surface area contributed by atoms with Gasteiger partial charge in [0.25, 0.3) is 0 Å². The third-order valence-corrected chi connectivity index (χ3v) is 4.02. The Kier molecular flexibility index (Phi) is 5.19. The maximum absolute atomic E-state index is 12.3. The zero-order chi connectivity index (χ0) is 15.9. The molecule has 0 aliphatic carbocycles. The average Bonchev–Trinajstić information content (AvgIpc) is 3.05. The first-order valence-corrected chi connectivity index (χ1v) is 8.05. The highest BCUT2D eigenvalue weighted by Crippen LogP contribution is 2.17. The van der Waals surface area contributed by atoms with Crippen LogP contribution in [-0.4, -0.2) is 40.0 Å². The number of nitrogens with zero attached hydrogens (tertiary/aromatic N) is 3. The van der Waals surface area contributed by atoms with E-state index in [-0.39, 0.29) is 12.0 Å². The quantitative estimate of drug-likeness (QED) is 0.822. The van der Waals surface area contributed by atoms with Crippen LogP contribution >= 0.6 is 0 Å². The summed E-state index contributed by atoms with van der Waals surface area (Å²) in [5.41, 5.74) is 1.28. The van der Waals surface area contributed by atoms with Crippen LogP contribution in [0.2, 0.25) is 0 Å². The van der Waals surface area contributed by atoms with Crippen LogP contribution in [0.15, 0.2) is 48.9 Å². The zero-order valence-corrected chi connectivity index (χ0v) is 13.1. The summed E-state index contributed by atoms with van der Waals surface area (Å²) in [5.74, 6) is 0.738. The Balaban J connectivity index is 1.41. The predicted molar refractivity (Wildman–Crippen MR) is 87.0 cm³/mol. The van der Waals surface area contributed by atoms with Crippen molar-refractivity contribution in [3.8, 4) is 5.88 Å². The van der Waals surface area contributed by atoms with E-state index < -0.39 is 0 Å². The van der Waals surface area contributed by atoms with Gasteiger partial charge in [0.15, 0.2) is 0 Å². The summed E-state index contributed by atoms with van der Waals surface area (Å²) >= 11 is 0. The van der Waals surface area contributed by atoms with Crippen molar-refractivity contribution in [3.05, 3.63) is 54.5 Å². The summed E-state index contributed by atoms with van der Waals surface area (Å²) in [6, 6.07) is 10.3. The van der Waals surface area contributed by atoms with Crippen LogP contribution < -0.4 is 4.74 Å². The number of hydrogen-bond acceptors (Lipinski definition) is 4. The number of benzene rings is 1. The van der Waals surface area contributed by atoms with Crippen molar-refractivity contribution in [1.82, 2.24) is 14.9 Å². The highest BCUT2D eigenvalue weighted by molar-refractivity contribution is 5.76. The minimum atomic E-state index is 0.0183. The van der Waals surface area contributed by atoms with Crippen LogP contribution in [0.4, 0.5) is 0 Å². The Morgan fingerprint density at radius 1 is 1.26 bits per heavy atom. The Bertz CT molecular complexity index is 619. The van der Waals surface area contributed by atoms with Gasteiger partial charge in [-0.25, -0.2) is 4.98 Å². The average molecular weight is 311 g/mol. The lowest BCUT2D eigenvalue weighted by Crippen LogP contribution is -2.30. The number of aryl methyl sites for hydroxylation is 1. The number of rotatable bonds is 6. The van der Waals surface area contributed by atoms with E-state index in [0.717, 1.165) is 25.8 Å². The fourth-order valence-electron chi connectivity index (χ4n) is 2.81. The molecule has 0 bridgehead atoms.